The molecule has 0 aliphatic rings. The molecule has 0 aliphatic heterocycles. The van der Waals surface area contributed by atoms with E-state index in [9.17, 15) is 9.59 Å². The van der Waals surface area contributed by atoms with E-state index in [1.54, 1.807) is 19.2 Å². The van der Waals surface area contributed by atoms with Crippen LogP contribution in [0.25, 0.3) is 10.9 Å². The van der Waals surface area contributed by atoms with Crippen LogP contribution >= 0.6 is 0 Å². The van der Waals surface area contributed by atoms with Gasteiger partial charge in [-0.2, -0.15) is 0 Å². The molecule has 0 aliphatic carbocycles. The number of hydrogen-bond acceptors (Lipinski definition) is 4. The number of pyridine rings is 1. The van der Waals surface area contributed by atoms with E-state index in [0.29, 0.717) is 11.3 Å². The SMILES string of the molecule is COc1ccccc1C[C@@H](NC(=O)c1cnc2ccccc2c1)C(N)=O. The summed E-state index contributed by atoms with van der Waals surface area (Å²) in [5.41, 5.74) is 7.44. The molecule has 3 aromatic rings. The number of fused-ring (bicyclic) bond motifs is 1. The van der Waals surface area contributed by atoms with Crippen LogP contribution in [0, 0.1) is 0 Å². The summed E-state index contributed by atoms with van der Waals surface area (Å²) < 4.78 is 5.29. The van der Waals surface area contributed by atoms with Crippen LogP contribution in [0.5, 0.6) is 5.75 Å². The first kappa shape index (κ1) is 17.4. The lowest BCUT2D eigenvalue weighted by atomic mass is 10.0. The molecule has 6 nitrogen and oxygen atoms in total. The van der Waals surface area contributed by atoms with Gasteiger partial charge >= 0.3 is 0 Å². The van der Waals surface area contributed by atoms with E-state index < -0.39 is 17.9 Å². The minimum atomic E-state index is -0.856. The van der Waals surface area contributed by atoms with Crippen molar-refractivity contribution in [2.45, 2.75) is 12.5 Å². The summed E-state index contributed by atoms with van der Waals surface area (Å²) in [5, 5.41) is 3.54. The van der Waals surface area contributed by atoms with Gasteiger partial charge in [-0.15, -0.1) is 0 Å². The van der Waals surface area contributed by atoms with Crippen molar-refractivity contribution in [3.63, 3.8) is 0 Å². The van der Waals surface area contributed by atoms with Crippen molar-refractivity contribution in [2.24, 2.45) is 5.73 Å². The van der Waals surface area contributed by atoms with Crippen LogP contribution in [0.4, 0.5) is 0 Å². The molecule has 2 aromatic carbocycles. The number of aromatic nitrogens is 1. The van der Waals surface area contributed by atoms with Gasteiger partial charge in [0.25, 0.3) is 5.91 Å². The molecule has 0 fully saturated rings. The third-order valence-electron chi connectivity index (χ3n) is 4.12. The Bertz CT molecular complexity index is 956. The number of carbonyl (C=O) groups excluding carboxylic acids is 2. The molecule has 3 rings (SSSR count). The highest BCUT2D eigenvalue weighted by molar-refractivity contribution is 5.99. The molecule has 0 radical (unpaired) electrons. The summed E-state index contributed by atoms with van der Waals surface area (Å²) in [5.74, 6) is -0.375. The Morgan fingerprint density at radius 1 is 1.15 bits per heavy atom. The third kappa shape index (κ3) is 3.80. The number of rotatable bonds is 6. The summed E-state index contributed by atoms with van der Waals surface area (Å²) in [6.07, 6.45) is 1.73. The zero-order chi connectivity index (χ0) is 18.5. The molecule has 26 heavy (non-hydrogen) atoms. The number of ether oxygens (including phenoxy) is 1. The van der Waals surface area contributed by atoms with Gasteiger partial charge in [-0.25, -0.2) is 0 Å². The number of nitrogens with two attached hydrogens (primary N) is 1. The van der Waals surface area contributed by atoms with Crippen LogP contribution in [0.3, 0.4) is 0 Å². The topological polar surface area (TPSA) is 94.3 Å². The molecular weight excluding hydrogens is 330 g/mol. The number of primary amides is 1. The molecule has 132 valence electrons. The highest BCUT2D eigenvalue weighted by Crippen LogP contribution is 2.19. The van der Waals surface area contributed by atoms with E-state index in [0.717, 1.165) is 16.5 Å². The van der Waals surface area contributed by atoms with Crippen LogP contribution in [0.1, 0.15) is 15.9 Å². The minimum Gasteiger partial charge on any atom is -0.496 e. The quantitative estimate of drug-likeness (QED) is 0.712. The van der Waals surface area contributed by atoms with Gasteiger partial charge in [0.15, 0.2) is 0 Å². The molecule has 1 atom stereocenters. The van der Waals surface area contributed by atoms with Gasteiger partial charge < -0.3 is 15.8 Å². The second kappa shape index (κ2) is 7.65. The largest absolute Gasteiger partial charge is 0.496 e. The number of nitrogens with zero attached hydrogens (tertiary/aromatic N) is 1. The fraction of sp³-hybridized carbons (Fsp3) is 0.150. The summed E-state index contributed by atoms with van der Waals surface area (Å²) in [6, 6.07) is 15.7. The molecule has 1 heterocycles. The molecule has 0 spiro atoms. The van der Waals surface area contributed by atoms with E-state index in [2.05, 4.69) is 10.3 Å². The molecular formula is C20H19N3O3. The number of hydrogen-bond donors (Lipinski definition) is 2. The van der Waals surface area contributed by atoms with Gasteiger partial charge in [0.2, 0.25) is 5.91 Å². The lowest BCUT2D eigenvalue weighted by molar-refractivity contribution is -0.119. The molecule has 0 unspecified atom stereocenters. The number of methoxy groups -OCH3 is 1. The normalized spacial score (nSPS) is 11.7. The zero-order valence-corrected chi connectivity index (χ0v) is 14.3. The Hall–Kier alpha value is -3.41. The number of amides is 2. The van der Waals surface area contributed by atoms with Gasteiger partial charge in [0, 0.05) is 18.0 Å². The monoisotopic (exact) mass is 349 g/mol. The van der Waals surface area contributed by atoms with E-state index in [4.69, 9.17) is 10.5 Å². The predicted molar refractivity (Wildman–Crippen MR) is 98.9 cm³/mol. The first-order valence-electron chi connectivity index (χ1n) is 8.15. The summed E-state index contributed by atoms with van der Waals surface area (Å²) in [4.78, 5) is 28.7. The highest BCUT2D eigenvalue weighted by atomic mass is 16.5. The lowest BCUT2D eigenvalue weighted by Gasteiger charge is -2.17. The zero-order valence-electron chi connectivity index (χ0n) is 14.3. The maximum absolute atomic E-state index is 12.6. The van der Waals surface area contributed by atoms with Crippen LogP contribution in [0.2, 0.25) is 0 Å². The fourth-order valence-corrected chi connectivity index (χ4v) is 2.75. The van der Waals surface area contributed by atoms with Gasteiger partial charge in [-0.1, -0.05) is 36.4 Å². The number of carbonyl (C=O) groups is 2. The third-order valence-corrected chi connectivity index (χ3v) is 4.12. The summed E-state index contributed by atoms with van der Waals surface area (Å²) in [6.45, 7) is 0. The average molecular weight is 349 g/mol. The van der Waals surface area contributed by atoms with E-state index in [1.807, 2.05) is 42.5 Å². The second-order valence-electron chi connectivity index (χ2n) is 5.86. The Morgan fingerprint density at radius 3 is 2.65 bits per heavy atom. The molecule has 2 amide bonds. The first-order chi connectivity index (χ1) is 12.6. The van der Waals surface area contributed by atoms with Gasteiger partial charge in [-0.05, 0) is 23.8 Å². The molecule has 1 aromatic heterocycles. The average Bonchev–Trinajstić information content (AvgIpc) is 2.67. The van der Waals surface area contributed by atoms with Crippen LogP contribution in [-0.2, 0) is 11.2 Å². The number of benzene rings is 2. The van der Waals surface area contributed by atoms with Crippen molar-refractivity contribution in [3.8, 4) is 5.75 Å². The Labute approximate surface area is 151 Å². The minimum absolute atomic E-state index is 0.242. The number of nitrogens with one attached hydrogen (secondary N) is 1. The summed E-state index contributed by atoms with van der Waals surface area (Å²) >= 11 is 0. The van der Waals surface area contributed by atoms with Gasteiger partial charge in [-0.3, -0.25) is 14.6 Å². The van der Waals surface area contributed by atoms with Crippen LogP contribution in [-0.4, -0.2) is 29.9 Å². The Balaban J connectivity index is 1.80. The van der Waals surface area contributed by atoms with Gasteiger partial charge in [0.1, 0.15) is 11.8 Å². The maximum atomic E-state index is 12.6. The van der Waals surface area contributed by atoms with Crippen molar-refractivity contribution in [3.05, 3.63) is 71.9 Å². The van der Waals surface area contributed by atoms with E-state index >= 15 is 0 Å². The standard InChI is InChI=1S/C20H19N3O3/c1-26-18-9-5-3-7-14(18)11-17(19(21)24)23-20(25)15-10-13-6-2-4-8-16(13)22-12-15/h2-10,12,17H,11H2,1H3,(H2,21,24)(H,23,25)/t17-/m1/s1. The van der Waals surface area contributed by atoms with Crippen molar-refractivity contribution in [1.82, 2.24) is 10.3 Å². The van der Waals surface area contributed by atoms with Crippen molar-refractivity contribution in [1.29, 1.82) is 0 Å². The highest BCUT2D eigenvalue weighted by Gasteiger charge is 2.21. The maximum Gasteiger partial charge on any atom is 0.253 e. The predicted octanol–water partition coefficient (Wildman–Crippen LogP) is 2.07. The van der Waals surface area contributed by atoms with Crippen molar-refractivity contribution >= 4 is 22.7 Å². The fourth-order valence-electron chi connectivity index (χ4n) is 2.75. The number of para-hydroxylation sites is 2. The summed E-state index contributed by atoms with van der Waals surface area (Å²) in [7, 11) is 1.55. The van der Waals surface area contributed by atoms with Crippen LogP contribution in [0.15, 0.2) is 60.8 Å². The Kier molecular flexibility index (Phi) is 5.12. The van der Waals surface area contributed by atoms with Crippen molar-refractivity contribution in [2.75, 3.05) is 7.11 Å². The molecule has 3 N–H and O–H groups in total. The molecule has 0 saturated heterocycles. The van der Waals surface area contributed by atoms with Gasteiger partial charge in [0.05, 0.1) is 18.2 Å². The van der Waals surface area contributed by atoms with Crippen molar-refractivity contribution < 1.29 is 14.3 Å². The smallest absolute Gasteiger partial charge is 0.253 e. The van der Waals surface area contributed by atoms with E-state index in [1.165, 1.54) is 6.20 Å². The molecule has 6 heteroatoms. The molecule has 0 bridgehead atoms. The Morgan fingerprint density at radius 2 is 1.88 bits per heavy atom. The molecule has 0 saturated carbocycles. The first-order valence-corrected chi connectivity index (χ1v) is 8.15. The lowest BCUT2D eigenvalue weighted by Crippen LogP contribution is -2.45. The second-order valence-corrected chi connectivity index (χ2v) is 5.86. The van der Waals surface area contributed by atoms with Crippen LogP contribution < -0.4 is 15.8 Å². The van der Waals surface area contributed by atoms with E-state index in [-0.39, 0.29) is 6.42 Å².